The molecule has 9 nitrogen and oxygen atoms in total. The van der Waals surface area contributed by atoms with Crippen molar-refractivity contribution >= 4 is 17.0 Å². The summed E-state index contributed by atoms with van der Waals surface area (Å²) in [5.74, 6) is 1.13. The number of ether oxygens (including phenoxy) is 1. The summed E-state index contributed by atoms with van der Waals surface area (Å²) in [6.07, 6.45) is 7.46. The van der Waals surface area contributed by atoms with Crippen LogP contribution in [0.2, 0.25) is 0 Å². The van der Waals surface area contributed by atoms with Crippen molar-refractivity contribution in [3.63, 3.8) is 0 Å². The molecule has 1 amide bonds. The fourth-order valence-electron chi connectivity index (χ4n) is 4.32. The summed E-state index contributed by atoms with van der Waals surface area (Å²) in [5, 5.41) is 21.1. The van der Waals surface area contributed by atoms with E-state index in [-0.39, 0.29) is 4.48 Å². The fourth-order valence-corrected chi connectivity index (χ4v) is 4.32. The minimum atomic E-state index is -0.750. The molecule has 4 heterocycles. The molecule has 0 aliphatic carbocycles. The van der Waals surface area contributed by atoms with Gasteiger partial charge in [-0.05, 0) is 49.6 Å². The minimum absolute atomic E-state index is 0.0919. The Hall–Kier alpha value is -3.82. The number of quaternary nitrogens is 1. The zero-order chi connectivity index (χ0) is 24.7. The zero-order valence-electron chi connectivity index (χ0n) is 20.0. The van der Waals surface area contributed by atoms with E-state index in [0.29, 0.717) is 31.3 Å². The molecule has 0 radical (unpaired) electrons. The molecule has 1 aromatic carbocycles. The number of carboxylic acid groups (broad SMARTS) is 1. The van der Waals surface area contributed by atoms with Crippen LogP contribution in [-0.4, -0.2) is 63.0 Å². The first-order valence-corrected chi connectivity index (χ1v) is 11.6. The number of pyridine rings is 2. The molecule has 5 rings (SSSR count). The third-order valence-electron chi connectivity index (χ3n) is 6.05. The summed E-state index contributed by atoms with van der Waals surface area (Å²) in [4.78, 5) is 20.9. The number of benzene rings is 1. The van der Waals surface area contributed by atoms with Gasteiger partial charge in [0.05, 0.1) is 24.3 Å². The van der Waals surface area contributed by atoms with Crippen LogP contribution in [0.3, 0.4) is 0 Å². The SMILES string of the molecule is C[N-]C.O=C(O)[N+]1(Cc2cnc3cc(Oc4ccc(-c5ccn[nH]5)cn4)ccc3c2)CCCCC1. The van der Waals surface area contributed by atoms with Crippen LogP contribution < -0.4 is 4.74 Å². The Morgan fingerprint density at radius 2 is 1.86 bits per heavy atom. The van der Waals surface area contributed by atoms with Crippen LogP contribution in [0.25, 0.3) is 27.5 Å². The normalized spacial score (nSPS) is 14.7. The van der Waals surface area contributed by atoms with Crippen LogP contribution in [0.1, 0.15) is 24.8 Å². The van der Waals surface area contributed by atoms with E-state index in [0.717, 1.165) is 47.0 Å². The summed E-state index contributed by atoms with van der Waals surface area (Å²) in [6.45, 7) is 1.81. The highest BCUT2D eigenvalue weighted by Crippen LogP contribution is 2.28. The molecule has 4 aromatic rings. The molecule has 0 bridgehead atoms. The van der Waals surface area contributed by atoms with Gasteiger partial charge in [0, 0.05) is 47.2 Å². The van der Waals surface area contributed by atoms with Crippen molar-refractivity contribution in [3.05, 3.63) is 71.9 Å². The molecule has 1 fully saturated rings. The first kappa shape index (κ1) is 24.3. The van der Waals surface area contributed by atoms with Gasteiger partial charge in [-0.25, -0.2) is 9.47 Å². The van der Waals surface area contributed by atoms with Crippen molar-refractivity contribution in [2.75, 3.05) is 27.2 Å². The van der Waals surface area contributed by atoms with Crippen molar-refractivity contribution in [2.45, 2.75) is 25.8 Å². The molecule has 0 unspecified atom stereocenters. The summed E-state index contributed by atoms with van der Waals surface area (Å²) in [7, 11) is 3.50. The molecule has 2 N–H and O–H groups in total. The molecule has 9 heteroatoms. The number of nitrogens with zero attached hydrogens (tertiary/aromatic N) is 5. The van der Waals surface area contributed by atoms with E-state index in [2.05, 4.69) is 25.5 Å². The van der Waals surface area contributed by atoms with Crippen molar-refractivity contribution in [1.29, 1.82) is 0 Å². The topological polar surface area (TPSA) is 115 Å². The lowest BCUT2D eigenvalue weighted by Gasteiger charge is -2.35. The third-order valence-corrected chi connectivity index (χ3v) is 6.05. The first-order chi connectivity index (χ1) is 17.0. The van der Waals surface area contributed by atoms with E-state index in [1.165, 1.54) is 0 Å². The van der Waals surface area contributed by atoms with Crippen LogP contribution in [-0.2, 0) is 6.54 Å². The number of hydrogen-bond acceptors (Lipinski definition) is 5. The summed E-state index contributed by atoms with van der Waals surface area (Å²) in [5.41, 5.74) is 3.55. The number of rotatable bonds is 5. The highest BCUT2D eigenvalue weighted by atomic mass is 16.5. The largest absolute Gasteiger partial charge is 0.668 e. The Morgan fingerprint density at radius 1 is 1.06 bits per heavy atom. The average molecular weight is 475 g/mol. The van der Waals surface area contributed by atoms with Gasteiger partial charge < -0.3 is 15.2 Å². The minimum Gasteiger partial charge on any atom is -0.668 e. The Labute approximate surface area is 204 Å². The summed E-state index contributed by atoms with van der Waals surface area (Å²) >= 11 is 0. The number of likely N-dealkylation sites (tertiary alicyclic amines) is 1. The van der Waals surface area contributed by atoms with Gasteiger partial charge in [0.25, 0.3) is 0 Å². The molecule has 1 saturated heterocycles. The van der Waals surface area contributed by atoms with Crippen molar-refractivity contribution < 1.29 is 19.1 Å². The van der Waals surface area contributed by atoms with E-state index in [4.69, 9.17) is 4.74 Å². The van der Waals surface area contributed by atoms with Crippen molar-refractivity contribution in [3.8, 4) is 22.9 Å². The van der Waals surface area contributed by atoms with Gasteiger partial charge in [0.1, 0.15) is 12.3 Å². The molecule has 182 valence electrons. The molecule has 0 atom stereocenters. The molecule has 1 aliphatic rings. The molecular weight excluding hydrogens is 444 g/mol. The smallest absolute Gasteiger partial charge is 0.513 e. The van der Waals surface area contributed by atoms with E-state index < -0.39 is 6.09 Å². The second kappa shape index (κ2) is 11.1. The van der Waals surface area contributed by atoms with E-state index in [9.17, 15) is 9.90 Å². The molecule has 35 heavy (non-hydrogen) atoms. The predicted octanol–water partition coefficient (Wildman–Crippen LogP) is 5.61. The maximum atomic E-state index is 12.0. The molecule has 0 spiro atoms. The third kappa shape index (κ3) is 5.82. The van der Waals surface area contributed by atoms with Gasteiger partial charge in [-0.3, -0.25) is 10.1 Å². The van der Waals surface area contributed by atoms with E-state index in [1.807, 2.05) is 42.5 Å². The van der Waals surface area contributed by atoms with Gasteiger partial charge in [0.2, 0.25) is 5.88 Å². The van der Waals surface area contributed by atoms with E-state index >= 15 is 0 Å². The lowest BCUT2D eigenvalue weighted by atomic mass is 10.1. The quantitative estimate of drug-likeness (QED) is 0.363. The molecule has 0 saturated carbocycles. The number of amides is 1. The van der Waals surface area contributed by atoms with Gasteiger partial charge in [0.15, 0.2) is 0 Å². The lowest BCUT2D eigenvalue weighted by Crippen LogP contribution is -2.54. The number of hydrogen-bond donors (Lipinski definition) is 2. The van der Waals surface area contributed by atoms with E-state index in [1.54, 1.807) is 32.7 Å². The second-order valence-electron chi connectivity index (χ2n) is 8.70. The van der Waals surface area contributed by atoms with Crippen molar-refractivity contribution in [1.82, 2.24) is 20.2 Å². The monoisotopic (exact) mass is 474 g/mol. The molecule has 3 aromatic heterocycles. The average Bonchev–Trinajstić information content (AvgIpc) is 3.41. The maximum Gasteiger partial charge on any atom is 0.513 e. The predicted molar refractivity (Wildman–Crippen MR) is 134 cm³/mol. The number of carbonyl (C=O) groups is 1. The van der Waals surface area contributed by atoms with Crippen LogP contribution >= 0.6 is 0 Å². The van der Waals surface area contributed by atoms with Gasteiger partial charge in [-0.15, -0.1) is 0 Å². The highest BCUT2D eigenvalue weighted by molar-refractivity contribution is 5.80. The molecular formula is C26H30N6O3. The van der Waals surface area contributed by atoms with Gasteiger partial charge >= 0.3 is 6.09 Å². The first-order valence-electron chi connectivity index (χ1n) is 11.6. The standard InChI is InChI=1S/C24H23N5O3.C2H6N/c30-24(31)29(10-2-1-3-11-29)16-17-12-18-4-6-20(13-22(18)25-14-17)32-23-7-5-19(15-26-23)21-8-9-27-28-21;1-3-2/h4-9,12-15H,1-3,10-11,16H2,(H-,27,28,30,31);1-2H3/q;-1/p+1. The van der Waals surface area contributed by atoms with Crippen LogP contribution in [0.5, 0.6) is 11.6 Å². The van der Waals surface area contributed by atoms with Gasteiger partial charge in [-0.1, -0.05) is 0 Å². The Balaban J connectivity index is 0.000000917. The number of nitrogens with one attached hydrogen (secondary N) is 1. The second-order valence-corrected chi connectivity index (χ2v) is 8.70. The molecule has 1 aliphatic heterocycles. The number of piperidine rings is 1. The number of aromatic amines is 1. The Morgan fingerprint density at radius 3 is 2.51 bits per heavy atom. The lowest BCUT2D eigenvalue weighted by molar-refractivity contribution is -0.875. The van der Waals surface area contributed by atoms with Crippen LogP contribution in [0.15, 0.2) is 61.1 Å². The summed E-state index contributed by atoms with van der Waals surface area (Å²) in [6, 6.07) is 13.3. The highest BCUT2D eigenvalue weighted by Gasteiger charge is 2.38. The van der Waals surface area contributed by atoms with Gasteiger partial charge in [-0.2, -0.15) is 24.0 Å². The number of H-pyrrole nitrogens is 1. The Bertz CT molecular complexity index is 1250. The van der Waals surface area contributed by atoms with Crippen LogP contribution in [0, 0.1) is 0 Å². The number of aromatic nitrogens is 4. The fraction of sp³-hybridized carbons (Fsp3) is 0.308. The van der Waals surface area contributed by atoms with Crippen LogP contribution in [0.4, 0.5) is 4.79 Å². The summed E-state index contributed by atoms with van der Waals surface area (Å²) < 4.78 is 5.99. The Kier molecular flexibility index (Phi) is 7.69. The number of fused-ring (bicyclic) bond motifs is 1. The zero-order valence-corrected chi connectivity index (χ0v) is 20.0. The van der Waals surface area contributed by atoms with Crippen molar-refractivity contribution in [2.24, 2.45) is 0 Å². The maximum absolute atomic E-state index is 12.0.